The van der Waals surface area contributed by atoms with Crippen LogP contribution < -0.4 is 0 Å². The highest BCUT2D eigenvalue weighted by molar-refractivity contribution is 5.87. The van der Waals surface area contributed by atoms with Crippen molar-refractivity contribution in [2.45, 2.75) is 0 Å². The van der Waals surface area contributed by atoms with Gasteiger partial charge in [0.15, 0.2) is 0 Å². The molecule has 0 saturated carbocycles. The number of nitrogens with zero attached hydrogens (tertiary/aromatic N) is 1. The van der Waals surface area contributed by atoms with Gasteiger partial charge in [-0.15, -0.1) is 0 Å². The zero-order valence-corrected chi connectivity index (χ0v) is 8.92. The van der Waals surface area contributed by atoms with Crippen molar-refractivity contribution in [3.63, 3.8) is 0 Å². The zero-order valence-electron chi connectivity index (χ0n) is 8.92. The Kier molecular flexibility index (Phi) is 3.18. The summed E-state index contributed by atoms with van der Waals surface area (Å²) >= 11 is 0. The molecule has 0 aliphatic rings. The number of rotatable bonds is 1. The first-order valence-electron chi connectivity index (χ1n) is 5.02. The van der Waals surface area contributed by atoms with E-state index in [4.69, 9.17) is 5.11 Å². The van der Waals surface area contributed by atoms with Crippen molar-refractivity contribution in [1.82, 2.24) is 4.98 Å². The standard InChI is InChI=1S/C14H9NO2/c16-14(17)9-7-11-6-8-13(15-10-11)12-4-2-1-3-5-12/h1-6,8,10H,(H,16,17). The van der Waals surface area contributed by atoms with Gasteiger partial charge in [-0.1, -0.05) is 36.3 Å². The van der Waals surface area contributed by atoms with E-state index in [1.54, 1.807) is 12.3 Å². The van der Waals surface area contributed by atoms with Gasteiger partial charge in [0.05, 0.1) is 5.69 Å². The van der Waals surface area contributed by atoms with Crippen LogP contribution in [0, 0.1) is 11.8 Å². The van der Waals surface area contributed by atoms with Crippen LogP contribution in [0.5, 0.6) is 0 Å². The molecule has 0 aliphatic heterocycles. The number of carboxylic acids is 1. The molecule has 82 valence electrons. The second-order valence-corrected chi connectivity index (χ2v) is 3.35. The fourth-order valence-corrected chi connectivity index (χ4v) is 1.37. The van der Waals surface area contributed by atoms with Crippen LogP contribution in [0.1, 0.15) is 5.56 Å². The van der Waals surface area contributed by atoms with Crippen molar-refractivity contribution in [2.24, 2.45) is 0 Å². The molecule has 0 atom stereocenters. The first kappa shape index (κ1) is 10.9. The molecule has 1 heterocycles. The molecule has 0 fully saturated rings. The van der Waals surface area contributed by atoms with E-state index in [-0.39, 0.29) is 0 Å². The fourth-order valence-electron chi connectivity index (χ4n) is 1.37. The minimum absolute atomic E-state index is 0.590. The molecule has 0 spiro atoms. The number of aromatic nitrogens is 1. The van der Waals surface area contributed by atoms with Crippen molar-refractivity contribution in [1.29, 1.82) is 0 Å². The maximum Gasteiger partial charge on any atom is 0.382 e. The number of carbonyl (C=O) groups is 1. The smallest absolute Gasteiger partial charge is 0.382 e. The number of hydrogen-bond acceptors (Lipinski definition) is 2. The molecule has 1 N–H and O–H groups in total. The van der Waals surface area contributed by atoms with Crippen LogP contribution in [0.15, 0.2) is 48.7 Å². The quantitative estimate of drug-likeness (QED) is 0.754. The average Bonchev–Trinajstić information content (AvgIpc) is 2.38. The topological polar surface area (TPSA) is 50.2 Å². The average molecular weight is 223 g/mol. The molecule has 2 rings (SSSR count). The molecule has 0 aliphatic carbocycles. The third kappa shape index (κ3) is 2.93. The summed E-state index contributed by atoms with van der Waals surface area (Å²) in [6.45, 7) is 0. The molecular weight excluding hydrogens is 214 g/mol. The number of hydrogen-bond donors (Lipinski definition) is 1. The van der Waals surface area contributed by atoms with Crippen molar-refractivity contribution in [3.05, 3.63) is 54.2 Å². The molecule has 0 bridgehead atoms. The van der Waals surface area contributed by atoms with Gasteiger partial charge in [0.25, 0.3) is 0 Å². The predicted octanol–water partition coefficient (Wildman–Crippen LogP) is 2.18. The molecule has 1 aromatic carbocycles. The van der Waals surface area contributed by atoms with Gasteiger partial charge in [-0.2, -0.15) is 0 Å². The van der Waals surface area contributed by atoms with Crippen molar-refractivity contribution >= 4 is 5.97 Å². The van der Waals surface area contributed by atoms with Gasteiger partial charge in [-0.05, 0) is 12.1 Å². The minimum atomic E-state index is -1.14. The summed E-state index contributed by atoms with van der Waals surface area (Å²) in [6.07, 6.45) is 1.57. The Morgan fingerprint density at radius 3 is 2.47 bits per heavy atom. The molecule has 0 saturated heterocycles. The molecule has 1 aromatic heterocycles. The Labute approximate surface area is 98.8 Å². The van der Waals surface area contributed by atoms with Crippen molar-refractivity contribution in [3.8, 4) is 23.1 Å². The molecular formula is C14H9NO2. The van der Waals surface area contributed by atoms with Crippen LogP contribution >= 0.6 is 0 Å². The largest absolute Gasteiger partial charge is 0.472 e. The zero-order chi connectivity index (χ0) is 12.1. The molecule has 3 nitrogen and oxygen atoms in total. The second kappa shape index (κ2) is 4.95. The molecule has 0 amide bonds. The number of benzene rings is 1. The summed E-state index contributed by atoms with van der Waals surface area (Å²) in [5.41, 5.74) is 2.45. The SMILES string of the molecule is O=C(O)C#Cc1ccc(-c2ccccc2)nc1. The Balaban J connectivity index is 2.26. The summed E-state index contributed by atoms with van der Waals surface area (Å²) in [7, 11) is 0. The Hall–Kier alpha value is -2.60. The van der Waals surface area contributed by atoms with E-state index in [1.165, 1.54) is 0 Å². The van der Waals surface area contributed by atoms with E-state index < -0.39 is 5.97 Å². The lowest BCUT2D eigenvalue weighted by molar-refractivity contribution is -0.130. The summed E-state index contributed by atoms with van der Waals surface area (Å²) in [5.74, 6) is 3.42. The lowest BCUT2D eigenvalue weighted by atomic mass is 10.1. The van der Waals surface area contributed by atoms with E-state index in [9.17, 15) is 4.79 Å². The van der Waals surface area contributed by atoms with Gasteiger partial charge in [-0.3, -0.25) is 4.98 Å². The number of aliphatic carboxylic acids is 1. The second-order valence-electron chi connectivity index (χ2n) is 3.35. The summed E-state index contributed by atoms with van der Waals surface area (Å²) in [5, 5.41) is 8.41. The van der Waals surface area contributed by atoms with Crippen LogP contribution in [0.25, 0.3) is 11.3 Å². The van der Waals surface area contributed by atoms with Crippen LogP contribution in [0.3, 0.4) is 0 Å². The maximum atomic E-state index is 10.3. The first-order chi connectivity index (χ1) is 8.25. The van der Waals surface area contributed by atoms with Crippen LogP contribution in [0.2, 0.25) is 0 Å². The predicted molar refractivity (Wildman–Crippen MR) is 64.2 cm³/mol. The van der Waals surface area contributed by atoms with Gasteiger partial charge >= 0.3 is 5.97 Å². The molecule has 17 heavy (non-hydrogen) atoms. The first-order valence-corrected chi connectivity index (χ1v) is 5.02. The molecule has 0 radical (unpaired) electrons. The summed E-state index contributed by atoms with van der Waals surface area (Å²) in [4.78, 5) is 14.5. The number of carboxylic acid groups (broad SMARTS) is 1. The van der Waals surface area contributed by atoms with Gasteiger partial charge < -0.3 is 5.11 Å². The molecule has 3 heteroatoms. The highest BCUT2D eigenvalue weighted by atomic mass is 16.4. The van der Waals surface area contributed by atoms with Gasteiger partial charge in [0.2, 0.25) is 0 Å². The summed E-state index contributed by atoms with van der Waals surface area (Å²) in [6, 6.07) is 13.3. The highest BCUT2D eigenvalue weighted by Crippen LogP contribution is 2.15. The van der Waals surface area contributed by atoms with E-state index in [0.29, 0.717) is 5.56 Å². The van der Waals surface area contributed by atoms with Crippen LogP contribution in [0.4, 0.5) is 0 Å². The lowest BCUT2D eigenvalue weighted by Gasteiger charge is -1.99. The molecule has 2 aromatic rings. The molecule has 0 unspecified atom stereocenters. The van der Waals surface area contributed by atoms with Gasteiger partial charge in [0.1, 0.15) is 0 Å². The van der Waals surface area contributed by atoms with Crippen molar-refractivity contribution in [2.75, 3.05) is 0 Å². The number of pyridine rings is 1. The van der Waals surface area contributed by atoms with E-state index in [1.807, 2.05) is 42.3 Å². The van der Waals surface area contributed by atoms with Gasteiger partial charge in [-0.25, -0.2) is 4.79 Å². The van der Waals surface area contributed by atoms with E-state index >= 15 is 0 Å². The van der Waals surface area contributed by atoms with Crippen LogP contribution in [-0.4, -0.2) is 16.1 Å². The normalized spacial score (nSPS) is 9.18. The fraction of sp³-hybridized carbons (Fsp3) is 0. The maximum absolute atomic E-state index is 10.3. The summed E-state index contributed by atoms with van der Waals surface area (Å²) < 4.78 is 0. The Morgan fingerprint density at radius 1 is 1.12 bits per heavy atom. The highest BCUT2D eigenvalue weighted by Gasteiger charge is 1.97. The van der Waals surface area contributed by atoms with E-state index in [2.05, 4.69) is 10.9 Å². The lowest BCUT2D eigenvalue weighted by Crippen LogP contribution is -1.88. The van der Waals surface area contributed by atoms with Crippen LogP contribution in [-0.2, 0) is 4.79 Å². The Bertz CT molecular complexity index is 577. The third-order valence-electron chi connectivity index (χ3n) is 2.15. The van der Waals surface area contributed by atoms with E-state index in [0.717, 1.165) is 11.3 Å². The minimum Gasteiger partial charge on any atom is -0.472 e. The van der Waals surface area contributed by atoms with Gasteiger partial charge in [0, 0.05) is 23.2 Å². The monoisotopic (exact) mass is 223 g/mol. The Morgan fingerprint density at radius 2 is 1.88 bits per heavy atom. The third-order valence-corrected chi connectivity index (χ3v) is 2.15. The van der Waals surface area contributed by atoms with Crippen molar-refractivity contribution < 1.29 is 9.90 Å².